The molecule has 1 aliphatic rings. The standard InChI is InChI=1S/C32H44N6O8/c1-7-45-30(43)36-31(4,5)28(41)34-18-26(39)33-14-12-25(27(40)37-44)38-15-13-32(6,29(38)42)23-8-10-24(11-9-23)46-19-22-16-20(2)35-21(3)17-22/h8-11,16-17,25,44H,7,12-15,18-19H2,1-6H3,(H,33,39)(H,34,41)(H,36,43)(H,37,40). The quantitative estimate of drug-likeness (QED) is 0.152. The van der Waals surface area contributed by atoms with Crippen molar-refractivity contribution in [3.63, 3.8) is 0 Å². The van der Waals surface area contributed by atoms with Gasteiger partial charge in [-0.1, -0.05) is 12.1 Å². The molecule has 0 saturated carbocycles. The number of hydrogen-bond donors (Lipinski definition) is 5. The van der Waals surface area contributed by atoms with Gasteiger partial charge in [-0.05, 0) is 89.8 Å². The molecule has 0 spiro atoms. The number of ether oxygens (including phenoxy) is 2. The number of amides is 5. The molecule has 5 amide bonds. The molecule has 1 saturated heterocycles. The first-order valence-electron chi connectivity index (χ1n) is 15.1. The lowest BCUT2D eigenvalue weighted by molar-refractivity contribution is -0.144. The number of hydroxylamine groups is 1. The predicted octanol–water partition coefficient (Wildman–Crippen LogP) is 1.79. The number of likely N-dealkylation sites (tertiary alicyclic amines) is 1. The number of alkyl carbamates (subject to hydrolysis) is 1. The van der Waals surface area contributed by atoms with E-state index in [1.165, 1.54) is 18.7 Å². The van der Waals surface area contributed by atoms with Crippen LogP contribution in [0.2, 0.25) is 0 Å². The Labute approximate surface area is 268 Å². The number of aryl methyl sites for hydroxylation is 2. The summed E-state index contributed by atoms with van der Waals surface area (Å²) < 4.78 is 10.7. The number of nitrogens with zero attached hydrogens (tertiary/aromatic N) is 2. The minimum absolute atomic E-state index is 0.0136. The molecule has 2 atom stereocenters. The first-order chi connectivity index (χ1) is 21.7. The summed E-state index contributed by atoms with van der Waals surface area (Å²) in [4.78, 5) is 68.6. The van der Waals surface area contributed by atoms with E-state index in [1.54, 1.807) is 24.5 Å². The van der Waals surface area contributed by atoms with Crippen LogP contribution in [0.1, 0.15) is 63.1 Å². The number of carbonyl (C=O) groups is 5. The first kappa shape index (κ1) is 35.8. The predicted molar refractivity (Wildman–Crippen MR) is 167 cm³/mol. The fraction of sp³-hybridized carbons (Fsp3) is 0.500. The molecule has 2 heterocycles. The number of hydrogen-bond acceptors (Lipinski definition) is 9. The zero-order valence-corrected chi connectivity index (χ0v) is 27.2. The van der Waals surface area contributed by atoms with Gasteiger partial charge in [-0.3, -0.25) is 29.4 Å². The van der Waals surface area contributed by atoms with Gasteiger partial charge >= 0.3 is 6.09 Å². The van der Waals surface area contributed by atoms with Crippen LogP contribution in [0.25, 0.3) is 0 Å². The molecule has 2 unspecified atom stereocenters. The number of benzene rings is 1. The van der Waals surface area contributed by atoms with E-state index in [0.29, 0.717) is 18.8 Å². The van der Waals surface area contributed by atoms with Crippen LogP contribution in [0.15, 0.2) is 36.4 Å². The van der Waals surface area contributed by atoms with Crippen LogP contribution in [-0.4, -0.2) is 82.6 Å². The van der Waals surface area contributed by atoms with Crippen LogP contribution in [0.4, 0.5) is 4.79 Å². The molecule has 0 aliphatic carbocycles. The highest BCUT2D eigenvalue weighted by Crippen LogP contribution is 2.37. The summed E-state index contributed by atoms with van der Waals surface area (Å²) >= 11 is 0. The van der Waals surface area contributed by atoms with Crippen molar-refractivity contribution in [1.29, 1.82) is 0 Å². The van der Waals surface area contributed by atoms with Crippen molar-refractivity contribution in [2.75, 3.05) is 26.2 Å². The molecule has 1 aromatic carbocycles. The highest BCUT2D eigenvalue weighted by molar-refractivity contribution is 5.94. The third kappa shape index (κ3) is 9.16. The average Bonchev–Trinajstić information content (AvgIpc) is 3.30. The largest absolute Gasteiger partial charge is 0.489 e. The molecular weight excluding hydrogens is 596 g/mol. The Morgan fingerprint density at radius 2 is 1.74 bits per heavy atom. The van der Waals surface area contributed by atoms with E-state index in [0.717, 1.165) is 22.5 Å². The molecule has 1 fully saturated rings. The number of carbonyl (C=O) groups excluding carboxylic acids is 5. The minimum Gasteiger partial charge on any atom is -0.489 e. The van der Waals surface area contributed by atoms with E-state index in [9.17, 15) is 29.2 Å². The topological polar surface area (TPSA) is 188 Å². The molecule has 2 aromatic rings. The maximum absolute atomic E-state index is 13.7. The Bertz CT molecular complexity index is 1410. The molecule has 0 bridgehead atoms. The van der Waals surface area contributed by atoms with Crippen LogP contribution >= 0.6 is 0 Å². The third-order valence-electron chi connectivity index (χ3n) is 7.82. The Hall–Kier alpha value is -4.72. The van der Waals surface area contributed by atoms with E-state index in [4.69, 9.17) is 9.47 Å². The smallest absolute Gasteiger partial charge is 0.407 e. The van der Waals surface area contributed by atoms with Gasteiger partial charge in [-0.2, -0.15) is 0 Å². The minimum atomic E-state index is -1.33. The van der Waals surface area contributed by atoms with Gasteiger partial charge in [0, 0.05) is 24.5 Å². The maximum atomic E-state index is 13.7. The molecule has 5 N–H and O–H groups in total. The zero-order chi connectivity index (χ0) is 34.1. The van der Waals surface area contributed by atoms with Crippen LogP contribution in [-0.2, 0) is 35.9 Å². The summed E-state index contributed by atoms with van der Waals surface area (Å²) in [6.45, 7) is 10.6. The highest BCUT2D eigenvalue weighted by atomic mass is 16.5. The molecule has 1 aromatic heterocycles. The Balaban J connectivity index is 1.55. The second-order valence-electron chi connectivity index (χ2n) is 11.9. The molecular formula is C32H44N6O8. The fourth-order valence-electron chi connectivity index (χ4n) is 5.30. The van der Waals surface area contributed by atoms with E-state index < -0.39 is 40.8 Å². The monoisotopic (exact) mass is 640 g/mol. The Morgan fingerprint density at radius 3 is 2.35 bits per heavy atom. The van der Waals surface area contributed by atoms with Crippen molar-refractivity contribution >= 4 is 29.7 Å². The molecule has 46 heavy (non-hydrogen) atoms. The number of nitrogens with one attached hydrogen (secondary N) is 4. The molecule has 1 aliphatic heterocycles. The van der Waals surface area contributed by atoms with Crippen LogP contribution in [0.3, 0.4) is 0 Å². The van der Waals surface area contributed by atoms with Gasteiger partial charge in [-0.15, -0.1) is 0 Å². The van der Waals surface area contributed by atoms with Gasteiger partial charge in [0.25, 0.3) is 5.91 Å². The van der Waals surface area contributed by atoms with Crippen molar-refractivity contribution in [2.45, 2.75) is 78.0 Å². The van der Waals surface area contributed by atoms with Crippen molar-refractivity contribution in [3.8, 4) is 5.75 Å². The van der Waals surface area contributed by atoms with E-state index in [2.05, 4.69) is 20.9 Å². The second kappa shape index (κ2) is 15.5. The molecule has 14 heteroatoms. The summed E-state index contributed by atoms with van der Waals surface area (Å²) in [6, 6.07) is 10.2. The van der Waals surface area contributed by atoms with Gasteiger partial charge < -0.3 is 30.3 Å². The lowest BCUT2D eigenvalue weighted by Crippen LogP contribution is -2.56. The second-order valence-corrected chi connectivity index (χ2v) is 11.9. The van der Waals surface area contributed by atoms with Gasteiger partial charge in [0.05, 0.1) is 18.6 Å². The summed E-state index contributed by atoms with van der Waals surface area (Å²) in [6.07, 6.45) is -0.309. The van der Waals surface area contributed by atoms with Crippen molar-refractivity contribution in [3.05, 3.63) is 58.9 Å². The summed E-state index contributed by atoms with van der Waals surface area (Å²) in [5.41, 5.74) is 2.97. The fourth-order valence-corrected chi connectivity index (χ4v) is 5.30. The normalized spacial score (nSPS) is 16.8. The van der Waals surface area contributed by atoms with Gasteiger partial charge in [0.15, 0.2) is 0 Å². The van der Waals surface area contributed by atoms with Gasteiger partial charge in [0.2, 0.25) is 17.7 Å². The van der Waals surface area contributed by atoms with Crippen molar-refractivity contribution < 1.29 is 38.7 Å². The summed E-state index contributed by atoms with van der Waals surface area (Å²) in [7, 11) is 0. The maximum Gasteiger partial charge on any atom is 0.407 e. The SMILES string of the molecule is CCOC(=O)NC(C)(C)C(=O)NCC(=O)NCCC(C(=O)NO)N1CCC(C)(c2ccc(OCc3cc(C)nc(C)c3)cc2)C1=O. The molecule has 0 radical (unpaired) electrons. The third-order valence-corrected chi connectivity index (χ3v) is 7.82. The molecule has 250 valence electrons. The van der Waals surface area contributed by atoms with Crippen LogP contribution in [0, 0.1) is 13.8 Å². The Morgan fingerprint density at radius 1 is 1.09 bits per heavy atom. The van der Waals surface area contributed by atoms with Crippen molar-refractivity contribution in [1.82, 2.24) is 31.3 Å². The first-order valence-corrected chi connectivity index (χ1v) is 15.1. The molecule has 3 rings (SSSR count). The van der Waals surface area contributed by atoms with E-state index >= 15 is 0 Å². The summed E-state index contributed by atoms with van der Waals surface area (Å²) in [5.74, 6) is -1.57. The van der Waals surface area contributed by atoms with Crippen LogP contribution < -0.4 is 26.2 Å². The van der Waals surface area contributed by atoms with E-state index in [1.807, 2.05) is 45.0 Å². The highest BCUT2D eigenvalue weighted by Gasteiger charge is 2.47. The van der Waals surface area contributed by atoms with Gasteiger partial charge in [-0.25, -0.2) is 10.3 Å². The zero-order valence-electron chi connectivity index (χ0n) is 27.2. The lowest BCUT2D eigenvalue weighted by atomic mass is 9.81. The average molecular weight is 641 g/mol. The van der Waals surface area contributed by atoms with Gasteiger partial charge in [0.1, 0.15) is 23.9 Å². The number of pyridine rings is 1. The number of aromatic nitrogens is 1. The number of rotatable bonds is 14. The lowest BCUT2D eigenvalue weighted by Gasteiger charge is -2.29. The Kier molecular flexibility index (Phi) is 12.1. The van der Waals surface area contributed by atoms with E-state index in [-0.39, 0.29) is 38.6 Å². The van der Waals surface area contributed by atoms with Crippen molar-refractivity contribution in [2.24, 2.45) is 0 Å². The van der Waals surface area contributed by atoms with Crippen LogP contribution in [0.5, 0.6) is 5.75 Å². The summed E-state index contributed by atoms with van der Waals surface area (Å²) in [5, 5.41) is 16.8. The molecule has 14 nitrogen and oxygen atoms in total.